The highest BCUT2D eigenvalue weighted by molar-refractivity contribution is 6.33. The topological polar surface area (TPSA) is 114 Å². The minimum Gasteiger partial charge on any atom is -0.433 e. The zero-order valence-electron chi connectivity index (χ0n) is 16.6. The van der Waals surface area contributed by atoms with E-state index in [1.807, 2.05) is 0 Å². The lowest BCUT2D eigenvalue weighted by atomic mass is 10.1. The summed E-state index contributed by atoms with van der Waals surface area (Å²) in [4.78, 5) is 50.6. The second kappa shape index (κ2) is 9.90. The fourth-order valence-electron chi connectivity index (χ4n) is 3.58. The zero-order valence-corrected chi connectivity index (χ0v) is 17.3. The van der Waals surface area contributed by atoms with Crippen LogP contribution in [-0.4, -0.2) is 66.7 Å². The summed E-state index contributed by atoms with van der Waals surface area (Å²) in [5.74, 6) is -1.64. The monoisotopic (exact) mass is 437 g/mol. The third-order valence-electron chi connectivity index (χ3n) is 5.02. The first-order valence-electron chi connectivity index (χ1n) is 9.84. The summed E-state index contributed by atoms with van der Waals surface area (Å²) in [6.45, 7) is 2.26. The number of nitrogens with zero attached hydrogens (tertiary/aromatic N) is 1. The predicted octanol–water partition coefficient (Wildman–Crippen LogP) is 0.855. The molecule has 0 aromatic heterocycles. The molecule has 2 saturated heterocycles. The number of carbonyl (C=O) groups is 4. The Morgan fingerprint density at radius 2 is 2.07 bits per heavy atom. The van der Waals surface area contributed by atoms with E-state index in [9.17, 15) is 19.2 Å². The van der Waals surface area contributed by atoms with E-state index >= 15 is 0 Å². The van der Waals surface area contributed by atoms with Crippen molar-refractivity contribution in [1.82, 2.24) is 15.5 Å². The van der Waals surface area contributed by atoms with Crippen LogP contribution in [0.2, 0.25) is 5.02 Å². The van der Waals surface area contributed by atoms with Crippen LogP contribution < -0.4 is 10.6 Å². The summed E-state index contributed by atoms with van der Waals surface area (Å²) >= 11 is 6.00. The number of likely N-dealkylation sites (tertiary alicyclic amines) is 1. The number of halogens is 1. The zero-order chi connectivity index (χ0) is 21.7. The van der Waals surface area contributed by atoms with Gasteiger partial charge in [0.05, 0.1) is 23.6 Å². The molecule has 0 radical (unpaired) electrons. The van der Waals surface area contributed by atoms with Crippen molar-refractivity contribution in [2.75, 3.05) is 19.7 Å². The number of cyclic esters (lactones) is 1. The average Bonchev–Trinajstić information content (AvgIpc) is 3.33. The molecular weight excluding hydrogens is 414 g/mol. The summed E-state index contributed by atoms with van der Waals surface area (Å²) in [5, 5.41) is 5.60. The third kappa shape index (κ3) is 5.09. The van der Waals surface area contributed by atoms with Gasteiger partial charge in [-0.3, -0.25) is 19.2 Å². The third-order valence-corrected chi connectivity index (χ3v) is 5.35. The van der Waals surface area contributed by atoms with E-state index in [1.165, 1.54) is 4.90 Å². The second-order valence-corrected chi connectivity index (χ2v) is 7.45. The number of amides is 3. The molecule has 3 atom stereocenters. The standard InChI is InChI=1S/C20H24ClN3O6/c1-2-29-20-14(10-17(26)30-20)23-19(28)15-8-5-9-24(15)16(25)11-22-18(27)12-6-3-4-7-13(12)21/h3-4,6-7,14-15,20H,2,5,8-11H2,1H3,(H,22,27)(H,23,28)/t14-,15-,20+/m0/s1. The number of benzene rings is 1. The van der Waals surface area contributed by atoms with Crippen molar-refractivity contribution < 1.29 is 28.7 Å². The van der Waals surface area contributed by atoms with Gasteiger partial charge in [0.2, 0.25) is 18.1 Å². The summed E-state index contributed by atoms with van der Waals surface area (Å²) in [5.41, 5.74) is 0.274. The molecule has 0 unspecified atom stereocenters. The molecule has 2 fully saturated rings. The Morgan fingerprint density at radius 3 is 2.80 bits per heavy atom. The van der Waals surface area contributed by atoms with E-state index in [0.717, 1.165) is 0 Å². The predicted molar refractivity (Wildman–Crippen MR) is 107 cm³/mol. The second-order valence-electron chi connectivity index (χ2n) is 7.04. The highest BCUT2D eigenvalue weighted by Crippen LogP contribution is 2.21. The number of esters is 1. The van der Waals surface area contributed by atoms with Gasteiger partial charge in [0, 0.05) is 13.2 Å². The van der Waals surface area contributed by atoms with E-state index in [4.69, 9.17) is 21.1 Å². The van der Waals surface area contributed by atoms with Gasteiger partial charge < -0.3 is 25.0 Å². The Labute approximate surface area is 179 Å². The summed E-state index contributed by atoms with van der Waals surface area (Å²) in [6, 6.07) is 5.27. The molecule has 2 aliphatic rings. The van der Waals surface area contributed by atoms with E-state index < -0.39 is 30.3 Å². The number of hydrogen-bond acceptors (Lipinski definition) is 6. The molecule has 0 spiro atoms. The van der Waals surface area contributed by atoms with Crippen molar-refractivity contribution in [1.29, 1.82) is 0 Å². The van der Waals surface area contributed by atoms with Crippen LogP contribution in [0.1, 0.15) is 36.5 Å². The summed E-state index contributed by atoms with van der Waals surface area (Å²) in [7, 11) is 0. The Kier molecular flexibility index (Phi) is 7.28. The lowest BCUT2D eigenvalue weighted by molar-refractivity contribution is -0.164. The molecule has 2 aliphatic heterocycles. The van der Waals surface area contributed by atoms with Gasteiger partial charge in [0.15, 0.2) is 0 Å². The minimum absolute atomic E-state index is 0.0188. The van der Waals surface area contributed by atoms with Gasteiger partial charge in [-0.05, 0) is 31.9 Å². The Morgan fingerprint density at radius 1 is 1.30 bits per heavy atom. The van der Waals surface area contributed by atoms with Gasteiger partial charge >= 0.3 is 5.97 Å². The quantitative estimate of drug-likeness (QED) is 0.611. The molecule has 0 bridgehead atoms. The number of rotatable bonds is 7. The van der Waals surface area contributed by atoms with Gasteiger partial charge in [-0.2, -0.15) is 0 Å². The molecule has 9 nitrogen and oxygen atoms in total. The maximum atomic E-state index is 12.7. The largest absolute Gasteiger partial charge is 0.433 e. The molecule has 0 aliphatic carbocycles. The van der Waals surface area contributed by atoms with Crippen molar-refractivity contribution in [3.8, 4) is 0 Å². The summed E-state index contributed by atoms with van der Waals surface area (Å²) in [6.07, 6.45) is 0.353. The highest BCUT2D eigenvalue weighted by Gasteiger charge is 2.40. The fraction of sp³-hybridized carbons (Fsp3) is 0.500. The van der Waals surface area contributed by atoms with Crippen molar-refractivity contribution in [2.45, 2.75) is 44.6 Å². The van der Waals surface area contributed by atoms with E-state index in [1.54, 1.807) is 31.2 Å². The van der Waals surface area contributed by atoms with Crippen LogP contribution in [0.4, 0.5) is 0 Å². The van der Waals surface area contributed by atoms with E-state index in [-0.39, 0.29) is 35.4 Å². The SMILES string of the molecule is CCO[C@@H]1OC(=O)C[C@@H]1NC(=O)[C@@H]1CCCN1C(=O)CNC(=O)c1ccccc1Cl. The lowest BCUT2D eigenvalue weighted by Gasteiger charge is -2.26. The Hall–Kier alpha value is -2.65. The fourth-order valence-corrected chi connectivity index (χ4v) is 3.81. The van der Waals surface area contributed by atoms with Crippen molar-refractivity contribution in [3.05, 3.63) is 34.9 Å². The number of nitrogens with one attached hydrogen (secondary N) is 2. The first-order valence-corrected chi connectivity index (χ1v) is 10.2. The van der Waals surface area contributed by atoms with Gasteiger partial charge in [-0.1, -0.05) is 23.7 Å². The maximum Gasteiger partial charge on any atom is 0.310 e. The Balaban J connectivity index is 1.56. The van der Waals surface area contributed by atoms with Crippen molar-refractivity contribution in [3.63, 3.8) is 0 Å². The van der Waals surface area contributed by atoms with Crippen LogP contribution in [0.3, 0.4) is 0 Å². The number of hydrogen-bond donors (Lipinski definition) is 2. The molecule has 3 rings (SSSR count). The normalized spacial score (nSPS) is 23.2. The first-order chi connectivity index (χ1) is 14.4. The van der Waals surface area contributed by atoms with E-state index in [0.29, 0.717) is 26.0 Å². The Bertz CT molecular complexity index is 833. The van der Waals surface area contributed by atoms with Crippen LogP contribution >= 0.6 is 11.6 Å². The molecule has 1 aromatic carbocycles. The van der Waals surface area contributed by atoms with Crippen LogP contribution in [0.15, 0.2) is 24.3 Å². The first kappa shape index (κ1) is 22.0. The van der Waals surface area contributed by atoms with Gasteiger partial charge in [-0.25, -0.2) is 0 Å². The lowest BCUT2D eigenvalue weighted by Crippen LogP contribution is -2.52. The van der Waals surface area contributed by atoms with Crippen LogP contribution in [-0.2, 0) is 23.9 Å². The van der Waals surface area contributed by atoms with Gasteiger partial charge in [-0.15, -0.1) is 0 Å². The van der Waals surface area contributed by atoms with Crippen LogP contribution in [0, 0.1) is 0 Å². The molecule has 30 heavy (non-hydrogen) atoms. The minimum atomic E-state index is -0.827. The van der Waals surface area contributed by atoms with Crippen molar-refractivity contribution >= 4 is 35.3 Å². The van der Waals surface area contributed by atoms with Gasteiger partial charge in [0.25, 0.3) is 5.91 Å². The molecule has 162 valence electrons. The van der Waals surface area contributed by atoms with Crippen molar-refractivity contribution in [2.24, 2.45) is 0 Å². The molecule has 1 aromatic rings. The van der Waals surface area contributed by atoms with Gasteiger partial charge in [0.1, 0.15) is 12.1 Å². The van der Waals surface area contributed by atoms with Crippen LogP contribution in [0.5, 0.6) is 0 Å². The maximum absolute atomic E-state index is 12.7. The average molecular weight is 438 g/mol. The van der Waals surface area contributed by atoms with E-state index in [2.05, 4.69) is 10.6 Å². The molecule has 2 N–H and O–H groups in total. The molecule has 0 saturated carbocycles. The highest BCUT2D eigenvalue weighted by atomic mass is 35.5. The molecule has 2 heterocycles. The molecule has 10 heteroatoms. The molecule has 3 amide bonds. The number of carbonyl (C=O) groups excluding carboxylic acids is 4. The summed E-state index contributed by atoms with van der Waals surface area (Å²) < 4.78 is 10.4. The number of ether oxygens (including phenoxy) is 2. The van der Waals surface area contributed by atoms with Crippen LogP contribution in [0.25, 0.3) is 0 Å². The molecular formula is C20H24ClN3O6. The smallest absolute Gasteiger partial charge is 0.310 e.